The van der Waals surface area contributed by atoms with Crippen LogP contribution in [0.25, 0.3) is 0 Å². The molecule has 2 unspecified atom stereocenters. The molecule has 0 spiro atoms. The summed E-state index contributed by atoms with van der Waals surface area (Å²) in [6.45, 7) is 13.1. The molecule has 230 valence electrons. The third-order valence-corrected chi connectivity index (χ3v) is 11.1. The van der Waals surface area contributed by atoms with Crippen LogP contribution in [0.3, 0.4) is 0 Å². The van der Waals surface area contributed by atoms with Crippen LogP contribution in [0.4, 0.5) is 11.4 Å². The Bertz CT molecular complexity index is 1510. The van der Waals surface area contributed by atoms with Crippen LogP contribution in [0.1, 0.15) is 60.9 Å². The van der Waals surface area contributed by atoms with Crippen LogP contribution < -0.4 is 21.1 Å². The second-order valence-corrected chi connectivity index (χ2v) is 14.8. The molecule has 0 bridgehead atoms. The first-order chi connectivity index (χ1) is 20.6. The minimum atomic E-state index is -0.873. The molecule has 2 aromatic carbocycles. The molecule has 2 aliphatic heterocycles. The minimum Gasteiger partial charge on any atom is -0.475 e. The highest BCUT2D eigenvalue weighted by molar-refractivity contribution is 7.97. The molecule has 0 saturated carbocycles. The number of benzene rings is 2. The third-order valence-electron chi connectivity index (χ3n) is 8.55. The number of nitrogens with one attached hydrogen (secondary N) is 2. The predicted molar refractivity (Wildman–Crippen MR) is 177 cm³/mol. The van der Waals surface area contributed by atoms with E-state index in [-0.39, 0.29) is 17.9 Å². The van der Waals surface area contributed by atoms with E-state index in [1.165, 1.54) is 11.1 Å². The van der Waals surface area contributed by atoms with Gasteiger partial charge in [-0.05, 0) is 85.2 Å². The zero-order valence-electron chi connectivity index (χ0n) is 25.7. The van der Waals surface area contributed by atoms with Gasteiger partial charge in [0.15, 0.2) is 0 Å². The molecule has 1 fully saturated rings. The lowest BCUT2D eigenvalue weighted by Crippen LogP contribution is -2.46. The number of aromatic nitrogens is 1. The summed E-state index contributed by atoms with van der Waals surface area (Å²) in [5.74, 6) is 1.52. The average Bonchev–Trinajstić information content (AvgIpc) is 3.27. The third kappa shape index (κ3) is 6.86. The Balaban J connectivity index is 1.52. The summed E-state index contributed by atoms with van der Waals surface area (Å²) in [5.41, 5.74) is 12.9. The summed E-state index contributed by atoms with van der Waals surface area (Å²) in [4.78, 5) is 19.4. The van der Waals surface area contributed by atoms with Gasteiger partial charge in [-0.3, -0.25) is 9.00 Å². The topological polar surface area (TPSA) is 110 Å². The minimum absolute atomic E-state index is 0.0402. The van der Waals surface area contributed by atoms with Crippen molar-refractivity contribution in [2.75, 3.05) is 42.3 Å². The molecule has 1 aromatic heterocycles. The van der Waals surface area contributed by atoms with Crippen molar-refractivity contribution in [1.82, 2.24) is 14.6 Å². The van der Waals surface area contributed by atoms with E-state index in [1.54, 1.807) is 18.1 Å². The number of nitrogens with two attached hydrogens (primary N) is 1. The van der Waals surface area contributed by atoms with Crippen molar-refractivity contribution >= 4 is 40.0 Å². The normalized spacial score (nSPS) is 19.7. The quantitative estimate of drug-likeness (QED) is 0.215. The molecule has 43 heavy (non-hydrogen) atoms. The van der Waals surface area contributed by atoms with Gasteiger partial charge in [0.1, 0.15) is 6.61 Å². The van der Waals surface area contributed by atoms with Crippen molar-refractivity contribution in [2.24, 2.45) is 5.41 Å². The van der Waals surface area contributed by atoms with E-state index in [0.717, 1.165) is 53.3 Å². The summed E-state index contributed by atoms with van der Waals surface area (Å²) in [6.07, 6.45) is 2.50. The molecule has 1 saturated heterocycles. The number of amides is 1. The lowest BCUT2D eigenvalue weighted by molar-refractivity contribution is -0.130. The van der Waals surface area contributed by atoms with Gasteiger partial charge >= 0.3 is 0 Å². The van der Waals surface area contributed by atoms with Gasteiger partial charge < -0.3 is 21.1 Å². The average molecular weight is 622 g/mol. The molecule has 10 heteroatoms. The standard InChI is InChI=1S/C33H43N5O3S2/c1-6-35-27-12-11-26(22(3)30(27)34)29(33(4,5)32(39)37-25-13-17-43(40)20-25)23-10-9-21(2)24(18-23)19-38-15-16-41-31-28(42-38)8-7-14-36-31/h7-12,14,18,25,29,35H,6,13,15-17,19-20,34H2,1-5H3,(H,37,39)/t25?,29-,43?/m0/s1. The van der Waals surface area contributed by atoms with Crippen molar-refractivity contribution in [3.8, 4) is 5.88 Å². The van der Waals surface area contributed by atoms with E-state index in [4.69, 9.17) is 10.5 Å². The van der Waals surface area contributed by atoms with E-state index < -0.39 is 16.2 Å². The Labute approximate surface area is 262 Å². The SMILES string of the molecule is CCNc1ccc([C@H](c2ccc(C)c(CN3CCOc4ncccc4S3)c2)C(C)(C)C(=O)NC2CCS(=O)C2)c(C)c1N. The van der Waals surface area contributed by atoms with Crippen LogP contribution in [0.5, 0.6) is 5.88 Å². The van der Waals surface area contributed by atoms with E-state index in [2.05, 4.69) is 51.1 Å². The van der Waals surface area contributed by atoms with E-state index >= 15 is 0 Å². The molecule has 0 aliphatic carbocycles. The number of hydrogen-bond donors (Lipinski definition) is 3. The monoisotopic (exact) mass is 621 g/mol. The number of anilines is 2. The first-order valence-corrected chi connectivity index (χ1v) is 17.2. The lowest BCUT2D eigenvalue weighted by atomic mass is 9.69. The van der Waals surface area contributed by atoms with Crippen LogP contribution in [-0.2, 0) is 22.1 Å². The largest absolute Gasteiger partial charge is 0.475 e. The number of hydrogen-bond acceptors (Lipinski definition) is 8. The number of ether oxygens (including phenoxy) is 1. The van der Waals surface area contributed by atoms with Crippen LogP contribution in [0, 0.1) is 19.3 Å². The molecular weight excluding hydrogens is 579 g/mol. The molecule has 1 amide bonds. The summed E-state index contributed by atoms with van der Waals surface area (Å²) in [6, 6.07) is 14.6. The van der Waals surface area contributed by atoms with Crippen molar-refractivity contribution in [3.63, 3.8) is 0 Å². The molecule has 5 rings (SSSR count). The van der Waals surface area contributed by atoms with Crippen LogP contribution in [-0.4, -0.2) is 56.6 Å². The smallest absolute Gasteiger partial charge is 0.228 e. The van der Waals surface area contributed by atoms with Gasteiger partial charge in [-0.2, -0.15) is 0 Å². The molecular formula is C33H43N5O3S2. The zero-order valence-corrected chi connectivity index (χ0v) is 27.4. The molecule has 3 atom stereocenters. The fourth-order valence-electron chi connectivity index (χ4n) is 5.99. The highest BCUT2D eigenvalue weighted by Gasteiger charge is 2.41. The number of aryl methyl sites for hydroxylation is 1. The van der Waals surface area contributed by atoms with Gasteiger partial charge in [-0.25, -0.2) is 9.29 Å². The number of pyridine rings is 1. The van der Waals surface area contributed by atoms with Crippen LogP contribution >= 0.6 is 11.9 Å². The number of carbonyl (C=O) groups is 1. The second kappa shape index (κ2) is 13.3. The Morgan fingerprint density at radius 1 is 1.26 bits per heavy atom. The zero-order chi connectivity index (χ0) is 30.7. The lowest BCUT2D eigenvalue weighted by Gasteiger charge is -2.36. The first-order valence-electron chi connectivity index (χ1n) is 15.0. The Hall–Kier alpha value is -3.08. The van der Waals surface area contributed by atoms with Crippen molar-refractivity contribution in [3.05, 3.63) is 76.5 Å². The highest BCUT2D eigenvalue weighted by atomic mass is 32.2. The summed E-state index contributed by atoms with van der Waals surface area (Å²) < 4.78 is 20.3. The van der Waals surface area contributed by atoms with E-state index in [1.807, 2.05) is 45.9 Å². The number of rotatable bonds is 9. The number of nitrogen functional groups attached to an aromatic ring is 1. The van der Waals surface area contributed by atoms with Crippen molar-refractivity contribution in [2.45, 2.75) is 64.4 Å². The van der Waals surface area contributed by atoms with Crippen molar-refractivity contribution in [1.29, 1.82) is 0 Å². The first kappa shape index (κ1) is 31.3. The maximum atomic E-state index is 14.0. The molecule has 8 nitrogen and oxygen atoms in total. The number of nitrogens with zero attached hydrogens (tertiary/aromatic N) is 2. The Kier molecular flexibility index (Phi) is 9.68. The number of carbonyl (C=O) groups excluding carboxylic acids is 1. The summed E-state index contributed by atoms with van der Waals surface area (Å²) >= 11 is 1.66. The van der Waals surface area contributed by atoms with Crippen molar-refractivity contribution < 1.29 is 13.7 Å². The van der Waals surface area contributed by atoms with Gasteiger partial charge in [0.25, 0.3) is 0 Å². The summed E-state index contributed by atoms with van der Waals surface area (Å²) in [7, 11) is -0.873. The molecule has 3 aromatic rings. The van der Waals surface area contributed by atoms with Gasteiger partial charge in [-0.15, -0.1) is 0 Å². The van der Waals surface area contributed by atoms with E-state index in [9.17, 15) is 9.00 Å². The fraction of sp³-hybridized carbons (Fsp3) is 0.455. The molecule has 4 N–H and O–H groups in total. The molecule has 2 aliphatic rings. The summed E-state index contributed by atoms with van der Waals surface area (Å²) in [5, 5.41) is 6.59. The van der Waals surface area contributed by atoms with Gasteiger partial charge in [0, 0.05) is 60.1 Å². The fourth-order valence-corrected chi connectivity index (χ4v) is 8.38. The second-order valence-electron chi connectivity index (χ2n) is 12.0. The maximum Gasteiger partial charge on any atom is 0.228 e. The maximum absolute atomic E-state index is 14.0. The van der Waals surface area contributed by atoms with Crippen LogP contribution in [0.15, 0.2) is 53.6 Å². The highest BCUT2D eigenvalue weighted by Crippen LogP contribution is 2.45. The van der Waals surface area contributed by atoms with Gasteiger partial charge in [0.05, 0.1) is 21.7 Å². The number of fused-ring (bicyclic) bond motifs is 1. The van der Waals surface area contributed by atoms with E-state index in [0.29, 0.717) is 29.7 Å². The Morgan fingerprint density at radius 2 is 2.07 bits per heavy atom. The van der Waals surface area contributed by atoms with Crippen LogP contribution in [0.2, 0.25) is 0 Å². The van der Waals surface area contributed by atoms with Gasteiger partial charge in [0.2, 0.25) is 11.8 Å². The molecule has 0 radical (unpaired) electrons. The van der Waals surface area contributed by atoms with Gasteiger partial charge in [-0.1, -0.05) is 38.1 Å². The molecule has 3 heterocycles. The Morgan fingerprint density at radius 3 is 2.81 bits per heavy atom. The predicted octanol–water partition coefficient (Wildman–Crippen LogP) is 5.41.